The molecule has 3 rings (SSSR count). The molecule has 32 heavy (non-hydrogen) atoms. The van der Waals surface area contributed by atoms with Crippen molar-refractivity contribution in [3.05, 3.63) is 12.2 Å². The number of aliphatic carboxylic acids is 1. The predicted octanol–water partition coefficient (Wildman–Crippen LogP) is 2.47. The van der Waals surface area contributed by atoms with E-state index in [2.05, 4.69) is 10.6 Å². The summed E-state index contributed by atoms with van der Waals surface area (Å²) >= 11 is 0. The summed E-state index contributed by atoms with van der Waals surface area (Å²) in [7, 11) is 1.41. The number of rotatable bonds is 5. The maximum atomic E-state index is 11.4. The van der Waals surface area contributed by atoms with Crippen LogP contribution in [0.15, 0.2) is 12.2 Å². The standard InChI is InChI=1S/2C11H17NO4/c1-3-16-11(14)12-9-5-8(10(13)15-2)6-4-7(6)9;1-11(2,3)16-10(15)12-8-5-4-7(6-8)9(13)14/h6-9H,3-5H2,1-2H3,(H,12,14);4-5,7-8H,6H2,1-3H3,(H,12,15)(H,13,14)/t6-,7+,8+,9-;7-,8+/m11/s1. The van der Waals surface area contributed by atoms with Gasteiger partial charge in [-0.2, -0.15) is 0 Å². The van der Waals surface area contributed by atoms with Crippen molar-refractivity contribution in [3.8, 4) is 0 Å². The third kappa shape index (κ3) is 7.42. The van der Waals surface area contributed by atoms with Crippen LogP contribution in [0, 0.1) is 23.7 Å². The number of carbonyl (C=O) groups excluding carboxylic acids is 3. The monoisotopic (exact) mass is 454 g/mol. The van der Waals surface area contributed by atoms with Crippen LogP contribution in [0.1, 0.15) is 47.0 Å². The highest BCUT2D eigenvalue weighted by Crippen LogP contribution is 2.55. The van der Waals surface area contributed by atoms with E-state index in [4.69, 9.17) is 19.3 Å². The summed E-state index contributed by atoms with van der Waals surface area (Å²) in [5.74, 6) is -0.736. The van der Waals surface area contributed by atoms with Gasteiger partial charge in [0.05, 0.1) is 31.6 Å². The van der Waals surface area contributed by atoms with E-state index in [1.807, 2.05) is 0 Å². The molecule has 0 spiro atoms. The van der Waals surface area contributed by atoms with Gasteiger partial charge in [-0.05, 0) is 58.8 Å². The largest absolute Gasteiger partial charge is 0.481 e. The molecule has 3 N–H and O–H groups in total. The summed E-state index contributed by atoms with van der Waals surface area (Å²) in [5.41, 5.74) is -0.543. The molecule has 3 aliphatic rings. The molecule has 0 aromatic carbocycles. The summed E-state index contributed by atoms with van der Waals surface area (Å²) in [6.45, 7) is 7.46. The van der Waals surface area contributed by atoms with Crippen molar-refractivity contribution in [1.29, 1.82) is 0 Å². The van der Waals surface area contributed by atoms with Gasteiger partial charge in [0.15, 0.2) is 0 Å². The Kier molecular flexibility index (Phi) is 8.51. The number of fused-ring (bicyclic) bond motifs is 1. The molecule has 0 aromatic rings. The Labute approximate surface area is 188 Å². The van der Waals surface area contributed by atoms with E-state index in [-0.39, 0.29) is 30.1 Å². The van der Waals surface area contributed by atoms with E-state index in [1.54, 1.807) is 39.8 Å². The molecular weight excluding hydrogens is 420 g/mol. The lowest BCUT2D eigenvalue weighted by Crippen LogP contribution is -2.38. The molecule has 3 aliphatic carbocycles. The van der Waals surface area contributed by atoms with Gasteiger partial charge >= 0.3 is 24.1 Å². The van der Waals surface area contributed by atoms with Crippen LogP contribution in [0.25, 0.3) is 0 Å². The van der Waals surface area contributed by atoms with E-state index >= 15 is 0 Å². The topological polar surface area (TPSA) is 140 Å². The van der Waals surface area contributed by atoms with E-state index in [0.29, 0.717) is 31.3 Å². The van der Waals surface area contributed by atoms with Gasteiger partial charge in [0.2, 0.25) is 0 Å². The summed E-state index contributed by atoms with van der Waals surface area (Å²) in [6.07, 6.45) is 4.44. The van der Waals surface area contributed by atoms with Gasteiger partial charge in [-0.15, -0.1) is 0 Å². The molecule has 0 unspecified atom stereocenters. The van der Waals surface area contributed by atoms with E-state index in [1.165, 1.54) is 7.11 Å². The van der Waals surface area contributed by atoms with Crippen LogP contribution in [-0.4, -0.2) is 60.6 Å². The van der Waals surface area contributed by atoms with Gasteiger partial charge in [-0.3, -0.25) is 9.59 Å². The molecule has 0 bridgehead atoms. The van der Waals surface area contributed by atoms with E-state index < -0.39 is 23.6 Å². The van der Waals surface area contributed by atoms with Crippen LogP contribution in [0.2, 0.25) is 0 Å². The normalized spacial score (nSPS) is 29.7. The van der Waals surface area contributed by atoms with Gasteiger partial charge in [-0.1, -0.05) is 12.2 Å². The Morgan fingerprint density at radius 1 is 1.00 bits per heavy atom. The minimum absolute atomic E-state index is 0.0399. The number of carboxylic acids is 1. The van der Waals surface area contributed by atoms with E-state index in [9.17, 15) is 19.2 Å². The third-order valence-electron chi connectivity index (χ3n) is 5.62. The van der Waals surface area contributed by atoms with Crippen LogP contribution >= 0.6 is 0 Å². The number of alkyl carbamates (subject to hydrolysis) is 2. The molecule has 0 heterocycles. The highest BCUT2D eigenvalue weighted by molar-refractivity contribution is 5.75. The Hall–Kier alpha value is -2.78. The number of ether oxygens (including phenoxy) is 3. The average Bonchev–Trinajstić information content (AvgIpc) is 3.19. The molecule has 2 fully saturated rings. The van der Waals surface area contributed by atoms with Gasteiger partial charge in [0.25, 0.3) is 0 Å². The molecule has 6 atom stereocenters. The number of carboxylic acid groups (broad SMARTS) is 1. The lowest BCUT2D eigenvalue weighted by molar-refractivity contribution is -0.146. The number of methoxy groups -OCH3 is 1. The van der Waals surface area contributed by atoms with Crippen LogP contribution < -0.4 is 10.6 Å². The Morgan fingerprint density at radius 3 is 2.22 bits per heavy atom. The van der Waals surface area contributed by atoms with Crippen molar-refractivity contribution in [2.75, 3.05) is 13.7 Å². The lowest BCUT2D eigenvalue weighted by Gasteiger charge is -2.21. The SMILES string of the molecule is CC(C)(C)OC(=O)N[C@H]1C=C[C@@H](C(=O)O)C1.CCOC(=O)N[C@@H]1C[C@H](C(=O)OC)[C@@H]2C[C@@H]21. The Balaban J connectivity index is 0.000000227. The first-order valence-corrected chi connectivity index (χ1v) is 10.9. The van der Waals surface area contributed by atoms with Crippen LogP contribution in [0.3, 0.4) is 0 Å². The molecule has 180 valence electrons. The smallest absolute Gasteiger partial charge is 0.408 e. The lowest BCUT2D eigenvalue weighted by atomic mass is 10.0. The zero-order chi connectivity index (χ0) is 24.1. The maximum Gasteiger partial charge on any atom is 0.408 e. The quantitative estimate of drug-likeness (QED) is 0.327. The first kappa shape index (κ1) is 25.5. The highest BCUT2D eigenvalue weighted by atomic mass is 16.6. The minimum Gasteiger partial charge on any atom is -0.481 e. The fraction of sp³-hybridized carbons (Fsp3) is 0.727. The van der Waals surface area contributed by atoms with Crippen molar-refractivity contribution < 1.29 is 38.5 Å². The number of hydrogen-bond donors (Lipinski definition) is 3. The fourth-order valence-corrected chi connectivity index (χ4v) is 4.14. The molecular formula is C22H34N2O8. The molecule has 10 heteroatoms. The predicted molar refractivity (Wildman–Crippen MR) is 114 cm³/mol. The fourth-order valence-electron chi connectivity index (χ4n) is 4.14. The second-order valence-electron chi connectivity index (χ2n) is 9.22. The van der Waals surface area contributed by atoms with Gasteiger partial charge in [0.1, 0.15) is 5.60 Å². The molecule has 2 saturated carbocycles. The van der Waals surface area contributed by atoms with Crippen molar-refractivity contribution in [2.45, 2.75) is 64.6 Å². The van der Waals surface area contributed by atoms with Crippen LogP contribution in [-0.2, 0) is 23.8 Å². The molecule has 10 nitrogen and oxygen atoms in total. The summed E-state index contributed by atoms with van der Waals surface area (Å²) in [5, 5.41) is 14.2. The summed E-state index contributed by atoms with van der Waals surface area (Å²) in [4.78, 5) is 44.7. The van der Waals surface area contributed by atoms with Crippen LogP contribution in [0.5, 0.6) is 0 Å². The molecule has 0 aliphatic heterocycles. The number of nitrogens with one attached hydrogen (secondary N) is 2. The third-order valence-corrected chi connectivity index (χ3v) is 5.62. The van der Waals surface area contributed by atoms with Gasteiger partial charge in [0, 0.05) is 6.04 Å². The molecule has 0 radical (unpaired) electrons. The number of amides is 2. The maximum absolute atomic E-state index is 11.4. The highest BCUT2D eigenvalue weighted by Gasteiger charge is 2.57. The summed E-state index contributed by atoms with van der Waals surface area (Å²) in [6, 6.07) is -0.177. The molecule has 0 aromatic heterocycles. The van der Waals surface area contributed by atoms with Crippen molar-refractivity contribution in [2.24, 2.45) is 23.7 Å². The number of carbonyl (C=O) groups is 4. The first-order chi connectivity index (χ1) is 14.9. The van der Waals surface area contributed by atoms with Crippen molar-refractivity contribution in [1.82, 2.24) is 10.6 Å². The average molecular weight is 455 g/mol. The van der Waals surface area contributed by atoms with Gasteiger partial charge < -0.3 is 30.0 Å². The number of hydrogen-bond acceptors (Lipinski definition) is 7. The van der Waals surface area contributed by atoms with Crippen molar-refractivity contribution >= 4 is 24.1 Å². The Bertz CT molecular complexity index is 745. The van der Waals surface area contributed by atoms with Crippen LogP contribution in [0.4, 0.5) is 9.59 Å². The van der Waals surface area contributed by atoms with Crippen molar-refractivity contribution in [3.63, 3.8) is 0 Å². The molecule has 2 amide bonds. The molecule has 0 saturated heterocycles. The number of esters is 1. The second-order valence-corrected chi connectivity index (χ2v) is 9.22. The van der Waals surface area contributed by atoms with Gasteiger partial charge in [-0.25, -0.2) is 9.59 Å². The zero-order valence-electron chi connectivity index (χ0n) is 19.3. The second kappa shape index (κ2) is 10.7. The Morgan fingerprint density at radius 2 is 1.69 bits per heavy atom. The summed E-state index contributed by atoms with van der Waals surface area (Å²) < 4.78 is 14.6. The zero-order valence-corrected chi connectivity index (χ0v) is 19.3. The minimum atomic E-state index is -0.871. The first-order valence-electron chi connectivity index (χ1n) is 10.9. The van der Waals surface area contributed by atoms with E-state index in [0.717, 1.165) is 6.42 Å².